The number of rotatable bonds is 4. The third-order valence-corrected chi connectivity index (χ3v) is 5.46. The Morgan fingerprint density at radius 2 is 1.74 bits per heavy atom. The summed E-state index contributed by atoms with van der Waals surface area (Å²) in [5.74, 6) is 0.857. The van der Waals surface area contributed by atoms with Crippen molar-refractivity contribution in [1.82, 2.24) is 10.2 Å². The lowest BCUT2D eigenvalue weighted by molar-refractivity contribution is 0.107. The smallest absolute Gasteiger partial charge is 0.0219 e. The van der Waals surface area contributed by atoms with Crippen molar-refractivity contribution in [1.29, 1.82) is 0 Å². The van der Waals surface area contributed by atoms with Crippen molar-refractivity contribution < 1.29 is 0 Å². The van der Waals surface area contributed by atoms with Gasteiger partial charge in [-0.25, -0.2) is 0 Å². The third-order valence-electron chi connectivity index (χ3n) is 5.46. The molecule has 0 aromatic heterocycles. The Morgan fingerprint density at radius 3 is 2.37 bits per heavy atom. The summed E-state index contributed by atoms with van der Waals surface area (Å²) in [5, 5.41) is 3.78. The summed E-state index contributed by atoms with van der Waals surface area (Å²) in [4.78, 5) is 2.46. The topological polar surface area (TPSA) is 41.3 Å². The summed E-state index contributed by atoms with van der Waals surface area (Å²) in [5.41, 5.74) is 6.64. The first-order valence-electron chi connectivity index (χ1n) is 8.16. The van der Waals surface area contributed by atoms with Crippen LogP contribution in [0, 0.1) is 11.3 Å². The van der Waals surface area contributed by atoms with E-state index in [1.54, 1.807) is 0 Å². The van der Waals surface area contributed by atoms with Gasteiger partial charge in [-0.1, -0.05) is 26.7 Å². The maximum atomic E-state index is 6.24. The van der Waals surface area contributed by atoms with Crippen LogP contribution in [0.1, 0.15) is 52.4 Å². The van der Waals surface area contributed by atoms with Crippen LogP contribution in [-0.2, 0) is 0 Å². The van der Waals surface area contributed by atoms with E-state index in [0.29, 0.717) is 17.5 Å². The minimum Gasteiger partial charge on any atom is -0.326 e. The molecule has 1 aliphatic carbocycles. The van der Waals surface area contributed by atoms with Crippen LogP contribution in [0.25, 0.3) is 0 Å². The van der Waals surface area contributed by atoms with E-state index >= 15 is 0 Å². The van der Waals surface area contributed by atoms with Crippen molar-refractivity contribution >= 4 is 0 Å². The zero-order valence-corrected chi connectivity index (χ0v) is 13.1. The van der Waals surface area contributed by atoms with E-state index in [-0.39, 0.29) is 0 Å². The van der Waals surface area contributed by atoms with Gasteiger partial charge in [0.15, 0.2) is 0 Å². The van der Waals surface area contributed by atoms with Gasteiger partial charge in [0.1, 0.15) is 0 Å². The first-order chi connectivity index (χ1) is 8.99. The quantitative estimate of drug-likeness (QED) is 0.820. The molecular weight excluding hydrogens is 234 g/mol. The minimum atomic E-state index is 0.377. The summed E-state index contributed by atoms with van der Waals surface area (Å²) < 4.78 is 0. The monoisotopic (exact) mass is 267 g/mol. The summed E-state index contributed by atoms with van der Waals surface area (Å²) in [7, 11) is 2.24. The van der Waals surface area contributed by atoms with Crippen LogP contribution >= 0.6 is 0 Å². The van der Waals surface area contributed by atoms with E-state index in [1.807, 2.05) is 0 Å². The molecule has 19 heavy (non-hydrogen) atoms. The van der Waals surface area contributed by atoms with Crippen LogP contribution in [-0.4, -0.2) is 43.7 Å². The molecule has 1 aliphatic heterocycles. The second-order valence-electron chi connectivity index (χ2n) is 7.50. The van der Waals surface area contributed by atoms with E-state index in [9.17, 15) is 0 Å². The Hall–Kier alpha value is -0.120. The Bertz CT molecular complexity index is 269. The largest absolute Gasteiger partial charge is 0.326 e. The summed E-state index contributed by atoms with van der Waals surface area (Å²) in [6.45, 7) is 8.52. The molecule has 1 saturated carbocycles. The third kappa shape index (κ3) is 4.17. The van der Waals surface area contributed by atoms with Crippen LogP contribution in [0.3, 0.4) is 0 Å². The highest BCUT2D eigenvalue weighted by atomic mass is 15.1. The summed E-state index contributed by atoms with van der Waals surface area (Å²) >= 11 is 0. The molecule has 0 aromatic carbocycles. The summed E-state index contributed by atoms with van der Waals surface area (Å²) in [6.07, 6.45) is 7.83. The van der Waals surface area contributed by atoms with Crippen LogP contribution in [0.5, 0.6) is 0 Å². The highest BCUT2D eigenvalue weighted by Gasteiger charge is 2.33. The van der Waals surface area contributed by atoms with Gasteiger partial charge in [0.05, 0.1) is 0 Å². The molecule has 0 bridgehead atoms. The molecule has 2 aliphatic rings. The number of hydrogen-bond acceptors (Lipinski definition) is 3. The Morgan fingerprint density at radius 1 is 1.11 bits per heavy atom. The lowest BCUT2D eigenvalue weighted by atomic mass is 9.73. The Balaban J connectivity index is 1.79. The van der Waals surface area contributed by atoms with Gasteiger partial charge >= 0.3 is 0 Å². The molecule has 3 N–H and O–H groups in total. The number of nitrogens with zero attached hydrogens (tertiary/aromatic N) is 1. The number of piperidine rings is 1. The van der Waals surface area contributed by atoms with E-state index in [0.717, 1.165) is 12.5 Å². The molecule has 2 fully saturated rings. The molecule has 0 amide bonds. The molecule has 3 nitrogen and oxygen atoms in total. The molecule has 0 radical (unpaired) electrons. The first kappa shape index (κ1) is 15.3. The maximum Gasteiger partial charge on any atom is 0.0219 e. The molecule has 0 aromatic rings. The average Bonchev–Trinajstić information content (AvgIpc) is 2.38. The highest BCUT2D eigenvalue weighted by Crippen LogP contribution is 2.34. The molecule has 1 heterocycles. The maximum absolute atomic E-state index is 6.24. The van der Waals surface area contributed by atoms with Crippen LogP contribution in [0.15, 0.2) is 0 Å². The molecule has 2 unspecified atom stereocenters. The summed E-state index contributed by atoms with van der Waals surface area (Å²) in [6, 6.07) is 0.932. The molecule has 1 saturated heterocycles. The molecule has 2 rings (SSSR count). The molecule has 2 atom stereocenters. The number of likely N-dealkylation sites (tertiary alicyclic amines) is 1. The first-order valence-corrected chi connectivity index (χ1v) is 8.16. The molecule has 3 heteroatoms. The van der Waals surface area contributed by atoms with E-state index in [2.05, 4.69) is 31.1 Å². The van der Waals surface area contributed by atoms with E-state index in [4.69, 9.17) is 5.73 Å². The van der Waals surface area contributed by atoms with Crippen LogP contribution in [0.2, 0.25) is 0 Å². The molecule has 0 spiro atoms. The predicted molar refractivity (Wildman–Crippen MR) is 82.2 cm³/mol. The van der Waals surface area contributed by atoms with Crippen molar-refractivity contribution in [3.8, 4) is 0 Å². The minimum absolute atomic E-state index is 0.377. The fourth-order valence-electron chi connectivity index (χ4n) is 3.74. The van der Waals surface area contributed by atoms with Crippen molar-refractivity contribution in [2.45, 2.75) is 64.5 Å². The van der Waals surface area contributed by atoms with Gasteiger partial charge in [-0.2, -0.15) is 0 Å². The van der Waals surface area contributed by atoms with Crippen LogP contribution in [0.4, 0.5) is 0 Å². The van der Waals surface area contributed by atoms with Gasteiger partial charge in [0, 0.05) is 18.6 Å². The second kappa shape index (κ2) is 6.55. The lowest BCUT2D eigenvalue weighted by Gasteiger charge is -2.41. The average molecular weight is 267 g/mol. The predicted octanol–water partition coefficient (Wildman–Crippen LogP) is 2.21. The number of hydrogen-bond donors (Lipinski definition) is 2. The zero-order chi connectivity index (χ0) is 13.9. The number of nitrogens with two attached hydrogens (primary N) is 1. The van der Waals surface area contributed by atoms with Gasteiger partial charge in [-0.05, 0) is 57.2 Å². The van der Waals surface area contributed by atoms with Crippen molar-refractivity contribution in [3.63, 3.8) is 0 Å². The van der Waals surface area contributed by atoms with Crippen LogP contribution < -0.4 is 11.1 Å². The number of nitrogens with one attached hydrogen (secondary N) is 1. The second-order valence-corrected chi connectivity index (χ2v) is 7.50. The van der Waals surface area contributed by atoms with Gasteiger partial charge in [-0.3, -0.25) is 0 Å². The lowest BCUT2D eigenvalue weighted by Crippen LogP contribution is -2.51. The SMILES string of the molecule is CN1CCC(C(C)(C)CNC2CCCCC2N)CC1. The van der Waals surface area contributed by atoms with Crippen molar-refractivity contribution in [2.75, 3.05) is 26.7 Å². The van der Waals surface area contributed by atoms with Gasteiger partial charge in [0.2, 0.25) is 0 Å². The van der Waals surface area contributed by atoms with Crippen molar-refractivity contribution in [2.24, 2.45) is 17.1 Å². The highest BCUT2D eigenvalue weighted by molar-refractivity contribution is 4.89. The van der Waals surface area contributed by atoms with Gasteiger partial charge < -0.3 is 16.0 Å². The zero-order valence-electron chi connectivity index (χ0n) is 13.1. The Labute approximate surface area is 119 Å². The standard InChI is InChI=1S/C16H33N3/c1-16(2,13-8-10-19(3)11-9-13)12-18-15-7-5-4-6-14(15)17/h13-15,18H,4-12,17H2,1-3H3. The molecular formula is C16H33N3. The van der Waals surface area contributed by atoms with Gasteiger partial charge in [-0.15, -0.1) is 0 Å². The van der Waals surface area contributed by atoms with Gasteiger partial charge in [0.25, 0.3) is 0 Å². The van der Waals surface area contributed by atoms with Crippen molar-refractivity contribution in [3.05, 3.63) is 0 Å². The van der Waals surface area contributed by atoms with E-state index < -0.39 is 0 Å². The molecule has 112 valence electrons. The van der Waals surface area contributed by atoms with E-state index in [1.165, 1.54) is 51.6 Å². The Kier molecular flexibility index (Phi) is 5.27. The fourth-order valence-corrected chi connectivity index (χ4v) is 3.74. The fraction of sp³-hybridized carbons (Fsp3) is 1.00. The normalized spacial score (nSPS) is 31.6.